The van der Waals surface area contributed by atoms with Gasteiger partial charge in [-0.3, -0.25) is 9.36 Å². The molecule has 0 fully saturated rings. The lowest BCUT2D eigenvalue weighted by Gasteiger charge is -2.10. The molecule has 0 spiro atoms. The number of benzene rings is 2. The summed E-state index contributed by atoms with van der Waals surface area (Å²) in [6.45, 7) is 2.37. The molecule has 0 aliphatic heterocycles. The summed E-state index contributed by atoms with van der Waals surface area (Å²) in [5.41, 5.74) is 3.14. The normalized spacial score (nSPS) is 11.0. The Hall–Kier alpha value is -3.26. The van der Waals surface area contributed by atoms with Crippen LogP contribution in [-0.4, -0.2) is 38.1 Å². The SMILES string of the molecule is COc1ccc(-n2c(C)nnc2SCC(=O)NCc2cc3ccccc3n2C)cc1. The van der Waals surface area contributed by atoms with E-state index >= 15 is 0 Å². The third-order valence-corrected chi connectivity index (χ3v) is 5.90. The van der Waals surface area contributed by atoms with Crippen LogP contribution in [0.2, 0.25) is 0 Å². The number of amides is 1. The van der Waals surface area contributed by atoms with E-state index in [9.17, 15) is 4.79 Å². The Balaban J connectivity index is 1.40. The summed E-state index contributed by atoms with van der Waals surface area (Å²) >= 11 is 1.36. The lowest BCUT2D eigenvalue weighted by molar-refractivity contribution is -0.118. The minimum Gasteiger partial charge on any atom is -0.497 e. The molecule has 0 aliphatic carbocycles. The predicted octanol–water partition coefficient (Wildman–Crippen LogP) is 3.48. The number of methoxy groups -OCH3 is 1. The monoisotopic (exact) mass is 421 g/mol. The largest absolute Gasteiger partial charge is 0.497 e. The molecule has 0 saturated heterocycles. The number of hydrogen-bond donors (Lipinski definition) is 1. The van der Waals surface area contributed by atoms with Crippen LogP contribution in [0.25, 0.3) is 16.6 Å². The minimum absolute atomic E-state index is 0.0489. The summed E-state index contributed by atoms with van der Waals surface area (Å²) < 4.78 is 9.25. The molecule has 0 atom stereocenters. The number of carbonyl (C=O) groups is 1. The molecule has 4 rings (SSSR count). The maximum Gasteiger partial charge on any atom is 0.230 e. The average molecular weight is 422 g/mol. The Morgan fingerprint density at radius 3 is 2.63 bits per heavy atom. The van der Waals surface area contributed by atoms with Gasteiger partial charge in [-0.05, 0) is 48.7 Å². The highest BCUT2D eigenvalue weighted by molar-refractivity contribution is 7.99. The second-order valence-corrected chi connectivity index (χ2v) is 7.82. The Bertz CT molecular complexity index is 1180. The van der Waals surface area contributed by atoms with Crippen LogP contribution in [0.3, 0.4) is 0 Å². The van der Waals surface area contributed by atoms with Gasteiger partial charge in [0.05, 0.1) is 19.4 Å². The van der Waals surface area contributed by atoms with Gasteiger partial charge in [-0.1, -0.05) is 30.0 Å². The molecule has 2 aromatic heterocycles. The number of aryl methyl sites for hydroxylation is 2. The van der Waals surface area contributed by atoms with Gasteiger partial charge in [-0.2, -0.15) is 0 Å². The second kappa shape index (κ2) is 8.62. The molecule has 0 saturated carbocycles. The molecule has 1 amide bonds. The van der Waals surface area contributed by atoms with Crippen LogP contribution in [0.1, 0.15) is 11.5 Å². The van der Waals surface area contributed by atoms with Gasteiger partial charge in [-0.15, -0.1) is 10.2 Å². The first-order valence-electron chi connectivity index (χ1n) is 9.56. The van der Waals surface area contributed by atoms with E-state index in [2.05, 4.69) is 38.3 Å². The summed E-state index contributed by atoms with van der Waals surface area (Å²) in [6.07, 6.45) is 0. The van der Waals surface area contributed by atoms with Crippen LogP contribution in [0, 0.1) is 6.92 Å². The third kappa shape index (κ3) is 4.04. The molecule has 8 heteroatoms. The number of thioether (sulfide) groups is 1. The van der Waals surface area contributed by atoms with Gasteiger partial charge in [0.15, 0.2) is 5.16 Å². The van der Waals surface area contributed by atoms with Crippen LogP contribution < -0.4 is 10.1 Å². The van der Waals surface area contributed by atoms with E-state index in [4.69, 9.17) is 4.74 Å². The summed E-state index contributed by atoms with van der Waals surface area (Å²) in [4.78, 5) is 12.4. The molecule has 154 valence electrons. The van der Waals surface area contributed by atoms with Crippen molar-refractivity contribution in [3.63, 3.8) is 0 Å². The highest BCUT2D eigenvalue weighted by Crippen LogP contribution is 2.23. The number of carbonyl (C=O) groups excluding carboxylic acids is 1. The third-order valence-electron chi connectivity index (χ3n) is 4.98. The molecule has 7 nitrogen and oxygen atoms in total. The standard InChI is InChI=1S/C22H23N5O2S/c1-15-24-25-22(27(15)17-8-10-19(29-3)11-9-17)30-14-21(28)23-13-18-12-16-6-4-5-7-20(16)26(18)2/h4-12H,13-14H2,1-3H3,(H,23,28). The van der Waals surface area contributed by atoms with Gasteiger partial charge >= 0.3 is 0 Å². The van der Waals surface area contributed by atoms with E-state index in [0.717, 1.165) is 28.5 Å². The predicted molar refractivity (Wildman–Crippen MR) is 118 cm³/mol. The summed E-state index contributed by atoms with van der Waals surface area (Å²) in [5, 5.41) is 13.2. The highest BCUT2D eigenvalue weighted by Gasteiger charge is 2.14. The number of para-hydroxylation sites is 1. The molecule has 4 aromatic rings. The molecule has 30 heavy (non-hydrogen) atoms. The van der Waals surface area contributed by atoms with Crippen LogP contribution in [0.5, 0.6) is 5.75 Å². The average Bonchev–Trinajstić information content (AvgIpc) is 3.30. The van der Waals surface area contributed by atoms with Gasteiger partial charge in [0.1, 0.15) is 11.6 Å². The smallest absolute Gasteiger partial charge is 0.230 e. The van der Waals surface area contributed by atoms with Crippen molar-refractivity contribution >= 4 is 28.6 Å². The van der Waals surface area contributed by atoms with Crippen LogP contribution in [0.15, 0.2) is 59.8 Å². The Morgan fingerprint density at radius 2 is 1.90 bits per heavy atom. The van der Waals surface area contributed by atoms with Crippen molar-refractivity contribution in [3.05, 3.63) is 66.1 Å². The molecule has 2 heterocycles. The van der Waals surface area contributed by atoms with Gasteiger partial charge in [0, 0.05) is 23.9 Å². The fourth-order valence-electron chi connectivity index (χ4n) is 3.35. The van der Waals surface area contributed by atoms with Crippen molar-refractivity contribution in [2.24, 2.45) is 7.05 Å². The molecule has 1 N–H and O–H groups in total. The number of hydrogen-bond acceptors (Lipinski definition) is 5. The van der Waals surface area contributed by atoms with E-state index < -0.39 is 0 Å². The number of rotatable bonds is 7. The van der Waals surface area contributed by atoms with Crippen LogP contribution >= 0.6 is 11.8 Å². The van der Waals surface area contributed by atoms with Crippen molar-refractivity contribution in [2.75, 3.05) is 12.9 Å². The quantitative estimate of drug-likeness (QED) is 0.463. The molecular weight excluding hydrogens is 398 g/mol. The van der Waals surface area contributed by atoms with E-state index in [1.54, 1.807) is 7.11 Å². The zero-order valence-electron chi connectivity index (χ0n) is 17.1. The van der Waals surface area contributed by atoms with E-state index in [0.29, 0.717) is 11.7 Å². The number of nitrogens with zero attached hydrogens (tertiary/aromatic N) is 4. The number of aromatic nitrogens is 4. The maximum atomic E-state index is 12.4. The topological polar surface area (TPSA) is 74.0 Å². The maximum absolute atomic E-state index is 12.4. The second-order valence-electron chi connectivity index (χ2n) is 6.88. The van der Waals surface area contributed by atoms with E-state index in [1.807, 2.05) is 54.9 Å². The van der Waals surface area contributed by atoms with Crippen molar-refractivity contribution in [1.82, 2.24) is 24.6 Å². The number of ether oxygens (including phenoxy) is 1. The van der Waals surface area contributed by atoms with Crippen molar-refractivity contribution in [2.45, 2.75) is 18.6 Å². The number of nitrogens with one attached hydrogen (secondary N) is 1. The highest BCUT2D eigenvalue weighted by atomic mass is 32.2. The molecule has 2 aromatic carbocycles. The summed E-state index contributed by atoms with van der Waals surface area (Å²) in [6, 6.07) is 17.9. The van der Waals surface area contributed by atoms with Gasteiger partial charge in [0.25, 0.3) is 0 Å². The van der Waals surface area contributed by atoms with Crippen molar-refractivity contribution in [1.29, 1.82) is 0 Å². The van der Waals surface area contributed by atoms with Gasteiger partial charge in [0.2, 0.25) is 5.91 Å². The molecule has 0 unspecified atom stereocenters. The summed E-state index contributed by atoms with van der Waals surface area (Å²) in [5.74, 6) is 1.76. The zero-order valence-corrected chi connectivity index (χ0v) is 17.9. The molecular formula is C22H23N5O2S. The molecule has 0 aliphatic rings. The van der Waals surface area contributed by atoms with Crippen LogP contribution in [-0.2, 0) is 18.4 Å². The van der Waals surface area contributed by atoms with E-state index in [-0.39, 0.29) is 11.7 Å². The lowest BCUT2D eigenvalue weighted by atomic mass is 10.2. The minimum atomic E-state index is -0.0489. The van der Waals surface area contributed by atoms with Crippen molar-refractivity contribution < 1.29 is 9.53 Å². The first-order valence-corrected chi connectivity index (χ1v) is 10.5. The zero-order chi connectivity index (χ0) is 21.1. The van der Waals surface area contributed by atoms with E-state index in [1.165, 1.54) is 17.1 Å². The van der Waals surface area contributed by atoms with Gasteiger partial charge in [-0.25, -0.2) is 0 Å². The Labute approximate surface area is 179 Å². The molecule has 0 radical (unpaired) electrons. The Kier molecular flexibility index (Phi) is 5.76. The molecule has 0 bridgehead atoms. The first kappa shape index (κ1) is 20.0. The lowest BCUT2D eigenvalue weighted by Crippen LogP contribution is -2.25. The first-order chi connectivity index (χ1) is 14.6. The fraction of sp³-hybridized carbons (Fsp3) is 0.227. The van der Waals surface area contributed by atoms with Crippen molar-refractivity contribution in [3.8, 4) is 11.4 Å². The summed E-state index contributed by atoms with van der Waals surface area (Å²) in [7, 11) is 3.65. The Morgan fingerprint density at radius 1 is 1.13 bits per heavy atom. The number of fused-ring (bicyclic) bond motifs is 1. The fourth-order valence-corrected chi connectivity index (χ4v) is 4.18. The van der Waals surface area contributed by atoms with Crippen LogP contribution in [0.4, 0.5) is 0 Å². The van der Waals surface area contributed by atoms with Gasteiger partial charge < -0.3 is 14.6 Å².